The first-order chi connectivity index (χ1) is 11.1. The Balaban J connectivity index is 1.59. The molecule has 23 heavy (non-hydrogen) atoms. The molecule has 0 spiro atoms. The van der Waals surface area contributed by atoms with Crippen LogP contribution in [-0.4, -0.2) is 22.6 Å². The highest BCUT2D eigenvalue weighted by atomic mass is 32.1. The van der Waals surface area contributed by atoms with Gasteiger partial charge in [-0.2, -0.15) is 0 Å². The molecule has 0 bridgehead atoms. The third kappa shape index (κ3) is 2.57. The van der Waals surface area contributed by atoms with Crippen molar-refractivity contribution in [2.24, 2.45) is 0 Å². The fourth-order valence-electron chi connectivity index (χ4n) is 4.43. The van der Waals surface area contributed by atoms with Crippen LogP contribution in [0.4, 0.5) is 0 Å². The quantitative estimate of drug-likeness (QED) is 0.594. The molecular weight excluding hydrogens is 306 g/mol. The summed E-state index contributed by atoms with van der Waals surface area (Å²) >= 11 is 1.59. The maximum absolute atomic E-state index is 12.8. The lowest BCUT2D eigenvalue weighted by atomic mass is 9.96. The zero-order valence-corrected chi connectivity index (χ0v) is 14.3. The van der Waals surface area contributed by atoms with Gasteiger partial charge in [-0.1, -0.05) is 25.0 Å². The monoisotopic (exact) mass is 329 g/mol. The zero-order chi connectivity index (χ0) is 16.0. The van der Waals surface area contributed by atoms with Crippen LogP contribution in [0.25, 0.3) is 0 Å². The topological polar surface area (TPSA) is 37.4 Å². The van der Waals surface area contributed by atoms with E-state index in [4.69, 9.17) is 0 Å². The predicted octanol–water partition coefficient (Wildman–Crippen LogP) is 4.43. The van der Waals surface area contributed by atoms with Crippen LogP contribution in [0.15, 0.2) is 17.5 Å². The minimum absolute atomic E-state index is 0.0834. The fraction of sp³-hybridized carbons (Fsp3) is 0.579. The van der Waals surface area contributed by atoms with Crippen LogP contribution in [0.2, 0.25) is 0 Å². The van der Waals surface area contributed by atoms with Crippen LogP contribution in [-0.2, 0) is 11.3 Å². The predicted molar refractivity (Wildman–Crippen MR) is 91.8 cm³/mol. The van der Waals surface area contributed by atoms with Gasteiger partial charge in [0.15, 0.2) is 5.78 Å². The van der Waals surface area contributed by atoms with Crippen LogP contribution >= 0.6 is 11.3 Å². The maximum Gasteiger partial charge on any atom is 0.265 e. The number of carbonyl (C=O) groups is 2. The van der Waals surface area contributed by atoms with Crippen molar-refractivity contribution in [2.45, 2.75) is 69.9 Å². The fourth-order valence-corrected chi connectivity index (χ4v) is 5.55. The Morgan fingerprint density at radius 3 is 2.70 bits per heavy atom. The lowest BCUT2D eigenvalue weighted by molar-refractivity contribution is -0.122. The molecule has 122 valence electrons. The summed E-state index contributed by atoms with van der Waals surface area (Å²) in [5, 5.41) is 2.20. The van der Waals surface area contributed by atoms with Crippen molar-refractivity contribution in [1.29, 1.82) is 0 Å². The molecule has 1 amide bonds. The van der Waals surface area contributed by atoms with Crippen LogP contribution < -0.4 is 0 Å². The van der Waals surface area contributed by atoms with E-state index in [1.165, 1.54) is 36.8 Å². The van der Waals surface area contributed by atoms with E-state index in [9.17, 15) is 9.59 Å². The van der Waals surface area contributed by atoms with E-state index in [1.807, 2.05) is 4.90 Å². The van der Waals surface area contributed by atoms with Crippen LogP contribution in [0.3, 0.4) is 0 Å². The standard InChI is InChI=1S/C19H23NO2S/c1-12-5-4-8-16(17(21)9-12)20-10-14-15(13-6-2-3-7-13)11-23-18(14)19(20)22/h11,13,16H,1-10H2. The van der Waals surface area contributed by atoms with Gasteiger partial charge in [0.05, 0.1) is 10.9 Å². The number of fused-ring (bicyclic) bond motifs is 1. The Morgan fingerprint density at radius 1 is 1.13 bits per heavy atom. The number of allylic oxidation sites excluding steroid dienone is 1. The van der Waals surface area contributed by atoms with Gasteiger partial charge >= 0.3 is 0 Å². The Labute approximate surface area is 141 Å². The van der Waals surface area contributed by atoms with Crippen molar-refractivity contribution in [1.82, 2.24) is 4.90 Å². The molecule has 0 radical (unpaired) electrons. The molecular formula is C19H23NO2S. The molecule has 2 saturated carbocycles. The second-order valence-electron chi connectivity index (χ2n) is 7.21. The first kappa shape index (κ1) is 15.1. The largest absolute Gasteiger partial charge is 0.323 e. The summed E-state index contributed by atoms with van der Waals surface area (Å²) in [5.74, 6) is 0.894. The van der Waals surface area contributed by atoms with E-state index in [-0.39, 0.29) is 17.7 Å². The van der Waals surface area contributed by atoms with Crippen molar-refractivity contribution < 1.29 is 9.59 Å². The van der Waals surface area contributed by atoms with Crippen molar-refractivity contribution in [3.63, 3.8) is 0 Å². The highest BCUT2D eigenvalue weighted by Crippen LogP contribution is 2.43. The van der Waals surface area contributed by atoms with Gasteiger partial charge < -0.3 is 4.90 Å². The molecule has 4 rings (SSSR count). The summed E-state index contributed by atoms with van der Waals surface area (Å²) in [7, 11) is 0. The molecule has 3 aliphatic rings. The highest BCUT2D eigenvalue weighted by molar-refractivity contribution is 7.12. The highest BCUT2D eigenvalue weighted by Gasteiger charge is 2.40. The summed E-state index contributed by atoms with van der Waals surface area (Å²) < 4.78 is 0. The number of hydrogen-bond acceptors (Lipinski definition) is 3. The van der Waals surface area contributed by atoms with E-state index >= 15 is 0 Å². The van der Waals surface area contributed by atoms with Crippen molar-refractivity contribution >= 4 is 23.0 Å². The van der Waals surface area contributed by atoms with Crippen LogP contribution in [0, 0.1) is 0 Å². The van der Waals surface area contributed by atoms with Gasteiger partial charge in [0, 0.05) is 13.0 Å². The lowest BCUT2D eigenvalue weighted by Crippen LogP contribution is -2.40. The average molecular weight is 329 g/mol. The molecule has 2 aliphatic carbocycles. The molecule has 1 aromatic rings. The Kier molecular flexibility index (Phi) is 3.88. The lowest BCUT2D eigenvalue weighted by Gasteiger charge is -2.25. The number of rotatable bonds is 2. The minimum atomic E-state index is -0.238. The SMILES string of the molecule is C=C1CCCC(N2Cc3c(C4CCCC4)csc3C2=O)C(=O)C1. The van der Waals surface area contributed by atoms with Gasteiger partial charge in [-0.3, -0.25) is 9.59 Å². The summed E-state index contributed by atoms with van der Waals surface area (Å²) in [4.78, 5) is 28.1. The number of thiophene rings is 1. The van der Waals surface area contributed by atoms with E-state index in [0.29, 0.717) is 18.9 Å². The second-order valence-corrected chi connectivity index (χ2v) is 8.09. The molecule has 4 heteroatoms. The van der Waals surface area contributed by atoms with E-state index < -0.39 is 0 Å². The van der Waals surface area contributed by atoms with Gasteiger partial charge in [-0.05, 0) is 54.5 Å². The third-order valence-corrected chi connectivity index (χ3v) is 6.71. The molecule has 1 unspecified atom stereocenters. The zero-order valence-electron chi connectivity index (χ0n) is 13.5. The molecule has 1 aliphatic heterocycles. The number of hydrogen-bond donors (Lipinski definition) is 0. The summed E-state index contributed by atoms with van der Waals surface area (Å²) in [6, 6.07) is -0.238. The van der Waals surface area contributed by atoms with Crippen LogP contribution in [0.1, 0.15) is 78.1 Å². The van der Waals surface area contributed by atoms with Gasteiger partial charge in [0.25, 0.3) is 5.91 Å². The molecule has 1 atom stereocenters. The molecule has 0 saturated heterocycles. The second kappa shape index (κ2) is 5.90. The number of Topliss-reactive ketones (excluding diaryl/α,β-unsaturated/α-hetero) is 1. The summed E-state index contributed by atoms with van der Waals surface area (Å²) in [6.45, 7) is 4.62. The molecule has 1 aromatic heterocycles. The summed E-state index contributed by atoms with van der Waals surface area (Å²) in [5.41, 5.74) is 3.64. The first-order valence-electron chi connectivity index (χ1n) is 8.75. The normalized spacial score (nSPS) is 26.0. The van der Waals surface area contributed by atoms with E-state index in [1.54, 1.807) is 11.3 Å². The van der Waals surface area contributed by atoms with Gasteiger partial charge in [0.2, 0.25) is 0 Å². The maximum atomic E-state index is 12.8. The van der Waals surface area contributed by atoms with Gasteiger partial charge in [-0.25, -0.2) is 0 Å². The van der Waals surface area contributed by atoms with Crippen molar-refractivity contribution in [2.75, 3.05) is 0 Å². The molecule has 0 N–H and O–H groups in total. The molecule has 2 heterocycles. The Hall–Kier alpha value is -1.42. The molecule has 0 aromatic carbocycles. The van der Waals surface area contributed by atoms with Crippen LogP contribution in [0.5, 0.6) is 0 Å². The number of amides is 1. The number of nitrogens with zero attached hydrogens (tertiary/aromatic N) is 1. The number of ketones is 1. The van der Waals surface area contributed by atoms with Gasteiger partial charge in [0.1, 0.15) is 0 Å². The van der Waals surface area contributed by atoms with E-state index in [0.717, 1.165) is 29.7 Å². The smallest absolute Gasteiger partial charge is 0.265 e. The summed E-state index contributed by atoms with van der Waals surface area (Å²) in [6.07, 6.45) is 8.21. The number of carbonyl (C=O) groups excluding carboxylic acids is 2. The van der Waals surface area contributed by atoms with E-state index in [2.05, 4.69) is 12.0 Å². The first-order valence-corrected chi connectivity index (χ1v) is 9.63. The average Bonchev–Trinajstić information content (AvgIpc) is 3.20. The molecule has 2 fully saturated rings. The van der Waals surface area contributed by atoms with Crippen molar-refractivity contribution in [3.05, 3.63) is 33.5 Å². The van der Waals surface area contributed by atoms with Crippen molar-refractivity contribution in [3.8, 4) is 0 Å². The molecule has 3 nitrogen and oxygen atoms in total. The minimum Gasteiger partial charge on any atom is -0.323 e. The third-order valence-electron chi connectivity index (χ3n) is 5.68. The van der Waals surface area contributed by atoms with Gasteiger partial charge in [-0.15, -0.1) is 11.3 Å². The Morgan fingerprint density at radius 2 is 1.91 bits per heavy atom. The Bertz CT molecular complexity index is 669.